The van der Waals surface area contributed by atoms with Gasteiger partial charge in [0.05, 0.1) is 11.4 Å². The lowest BCUT2D eigenvalue weighted by Crippen LogP contribution is -2.36. The Kier molecular flexibility index (Phi) is 5.22. The lowest BCUT2D eigenvalue weighted by molar-refractivity contribution is -0.129. The van der Waals surface area contributed by atoms with Gasteiger partial charge in [-0.05, 0) is 11.6 Å². The van der Waals surface area contributed by atoms with Crippen LogP contribution in [0.5, 0.6) is 0 Å². The fourth-order valence-electron chi connectivity index (χ4n) is 1.54. The van der Waals surface area contributed by atoms with E-state index in [0.29, 0.717) is 17.1 Å². The summed E-state index contributed by atoms with van der Waals surface area (Å²) in [6.07, 6.45) is 0.0488. The summed E-state index contributed by atoms with van der Waals surface area (Å²) >= 11 is 4.85. The number of amides is 1. The Hall–Kier alpha value is -1.49. The molecule has 0 spiro atoms. The van der Waals surface area contributed by atoms with Crippen LogP contribution in [0.2, 0.25) is 0 Å². The van der Waals surface area contributed by atoms with E-state index < -0.39 is 0 Å². The van der Waals surface area contributed by atoms with E-state index in [4.69, 9.17) is 18.0 Å². The van der Waals surface area contributed by atoms with Crippen LogP contribution in [-0.4, -0.2) is 29.4 Å². The van der Waals surface area contributed by atoms with Gasteiger partial charge in [-0.2, -0.15) is 0 Å². The van der Waals surface area contributed by atoms with Crippen molar-refractivity contribution >= 4 is 23.1 Å². The fraction of sp³-hybridized carbons (Fsp3) is 0.385. The molecule has 1 amide bonds. The Morgan fingerprint density at radius 2 is 2.11 bits per heavy atom. The third kappa shape index (κ3) is 4.07. The van der Waals surface area contributed by atoms with E-state index in [1.54, 1.807) is 25.2 Å². The number of nitrogens with zero attached hydrogens (tertiary/aromatic N) is 1. The first kappa shape index (κ1) is 14.6. The van der Waals surface area contributed by atoms with Crippen LogP contribution in [0, 0.1) is 11.7 Å². The van der Waals surface area contributed by atoms with Crippen molar-refractivity contribution in [1.82, 2.24) is 4.90 Å². The van der Waals surface area contributed by atoms with E-state index in [2.05, 4.69) is 0 Å². The summed E-state index contributed by atoms with van der Waals surface area (Å²) in [5.41, 5.74) is 5.89. The first-order valence-electron chi connectivity index (χ1n) is 5.68. The van der Waals surface area contributed by atoms with Gasteiger partial charge in [0.2, 0.25) is 5.91 Å². The first-order valence-corrected chi connectivity index (χ1v) is 6.09. The standard InChI is InChI=1S/C13H17FN2OS/c1-9(13(15)18)8-16(2)12(17)7-10-5-3-4-6-11(10)14/h3-6,9H,7-8H2,1-2H3,(H2,15,18). The largest absolute Gasteiger partial charge is 0.393 e. The molecule has 1 rings (SSSR count). The van der Waals surface area contributed by atoms with Gasteiger partial charge in [0.25, 0.3) is 0 Å². The van der Waals surface area contributed by atoms with E-state index in [0.717, 1.165) is 0 Å². The van der Waals surface area contributed by atoms with Crippen molar-refractivity contribution in [3.8, 4) is 0 Å². The topological polar surface area (TPSA) is 46.3 Å². The van der Waals surface area contributed by atoms with Gasteiger partial charge in [0.1, 0.15) is 5.82 Å². The molecule has 1 aromatic rings. The van der Waals surface area contributed by atoms with E-state index in [1.807, 2.05) is 6.92 Å². The van der Waals surface area contributed by atoms with E-state index in [9.17, 15) is 9.18 Å². The van der Waals surface area contributed by atoms with Crippen molar-refractivity contribution < 1.29 is 9.18 Å². The van der Waals surface area contributed by atoms with Crippen LogP contribution in [0.4, 0.5) is 4.39 Å². The normalized spacial score (nSPS) is 11.9. The monoisotopic (exact) mass is 268 g/mol. The summed E-state index contributed by atoms with van der Waals surface area (Å²) in [5.74, 6) is -0.556. The van der Waals surface area contributed by atoms with Gasteiger partial charge in [-0.1, -0.05) is 37.3 Å². The summed E-state index contributed by atoms with van der Waals surface area (Å²) in [5, 5.41) is 0. The smallest absolute Gasteiger partial charge is 0.226 e. The molecule has 0 bridgehead atoms. The van der Waals surface area contributed by atoms with Crippen LogP contribution in [0.3, 0.4) is 0 Å². The SMILES string of the molecule is CC(CN(C)C(=O)Cc1ccccc1F)C(N)=S. The molecule has 0 aliphatic rings. The average molecular weight is 268 g/mol. The van der Waals surface area contributed by atoms with E-state index in [1.165, 1.54) is 11.0 Å². The molecule has 0 aliphatic heterocycles. The fourth-order valence-corrected chi connectivity index (χ4v) is 1.62. The predicted molar refractivity (Wildman–Crippen MR) is 73.7 cm³/mol. The van der Waals surface area contributed by atoms with Crippen LogP contribution in [0.15, 0.2) is 24.3 Å². The maximum absolute atomic E-state index is 13.4. The molecule has 0 saturated carbocycles. The number of benzene rings is 1. The van der Waals surface area contributed by atoms with Gasteiger partial charge in [0, 0.05) is 19.5 Å². The molecule has 0 aromatic heterocycles. The zero-order valence-electron chi connectivity index (χ0n) is 10.5. The zero-order valence-corrected chi connectivity index (χ0v) is 11.3. The second-order valence-electron chi connectivity index (χ2n) is 4.35. The van der Waals surface area contributed by atoms with Crippen molar-refractivity contribution in [3.05, 3.63) is 35.6 Å². The van der Waals surface area contributed by atoms with Gasteiger partial charge >= 0.3 is 0 Å². The molecule has 18 heavy (non-hydrogen) atoms. The van der Waals surface area contributed by atoms with Crippen LogP contribution in [-0.2, 0) is 11.2 Å². The van der Waals surface area contributed by atoms with Crippen molar-refractivity contribution in [3.63, 3.8) is 0 Å². The molecule has 1 unspecified atom stereocenters. The maximum atomic E-state index is 13.4. The molecule has 98 valence electrons. The molecule has 0 aliphatic carbocycles. The third-order valence-electron chi connectivity index (χ3n) is 2.76. The molecular formula is C13H17FN2OS. The number of hydrogen-bond acceptors (Lipinski definition) is 2. The van der Waals surface area contributed by atoms with Gasteiger partial charge in [-0.15, -0.1) is 0 Å². The Balaban J connectivity index is 2.61. The highest BCUT2D eigenvalue weighted by atomic mass is 32.1. The summed E-state index contributed by atoms with van der Waals surface area (Å²) in [6, 6.07) is 6.27. The maximum Gasteiger partial charge on any atom is 0.226 e. The van der Waals surface area contributed by atoms with Gasteiger partial charge in [-0.25, -0.2) is 4.39 Å². The van der Waals surface area contributed by atoms with E-state index in [-0.39, 0.29) is 24.1 Å². The van der Waals surface area contributed by atoms with Crippen molar-refractivity contribution in [2.75, 3.05) is 13.6 Å². The average Bonchev–Trinajstić information content (AvgIpc) is 2.31. The second kappa shape index (κ2) is 6.44. The Morgan fingerprint density at radius 3 is 2.67 bits per heavy atom. The van der Waals surface area contributed by atoms with Crippen molar-refractivity contribution in [1.29, 1.82) is 0 Å². The third-order valence-corrected chi connectivity index (χ3v) is 3.16. The number of carbonyl (C=O) groups is 1. The molecule has 3 nitrogen and oxygen atoms in total. The number of likely N-dealkylation sites (N-methyl/N-ethyl adjacent to an activating group) is 1. The Labute approximate surface area is 112 Å². The number of halogens is 1. The highest BCUT2D eigenvalue weighted by molar-refractivity contribution is 7.80. The zero-order chi connectivity index (χ0) is 13.7. The Morgan fingerprint density at radius 1 is 1.50 bits per heavy atom. The molecule has 0 heterocycles. The summed E-state index contributed by atoms with van der Waals surface area (Å²) < 4.78 is 13.4. The minimum atomic E-state index is -0.360. The second-order valence-corrected chi connectivity index (χ2v) is 4.82. The van der Waals surface area contributed by atoms with E-state index >= 15 is 0 Å². The molecule has 0 saturated heterocycles. The number of carbonyl (C=O) groups excluding carboxylic acids is 1. The summed E-state index contributed by atoms with van der Waals surface area (Å²) in [6.45, 7) is 2.30. The minimum absolute atomic E-state index is 0.0467. The van der Waals surface area contributed by atoms with Crippen LogP contribution in [0.1, 0.15) is 12.5 Å². The lowest BCUT2D eigenvalue weighted by Gasteiger charge is -2.21. The first-order chi connectivity index (χ1) is 8.41. The molecule has 0 radical (unpaired) electrons. The van der Waals surface area contributed by atoms with Gasteiger partial charge in [0.15, 0.2) is 0 Å². The number of rotatable bonds is 5. The van der Waals surface area contributed by atoms with Gasteiger partial charge in [-0.3, -0.25) is 4.79 Å². The number of thiocarbonyl (C=S) groups is 1. The lowest BCUT2D eigenvalue weighted by atomic mass is 10.1. The number of hydrogen-bond donors (Lipinski definition) is 1. The van der Waals surface area contributed by atoms with Crippen molar-refractivity contribution in [2.45, 2.75) is 13.3 Å². The van der Waals surface area contributed by atoms with Crippen LogP contribution >= 0.6 is 12.2 Å². The molecule has 2 N–H and O–H groups in total. The molecule has 1 atom stereocenters. The molecule has 1 aromatic carbocycles. The van der Waals surface area contributed by atoms with Crippen molar-refractivity contribution in [2.24, 2.45) is 11.7 Å². The number of nitrogens with two attached hydrogens (primary N) is 1. The molecule has 5 heteroatoms. The van der Waals surface area contributed by atoms with Gasteiger partial charge < -0.3 is 10.6 Å². The van der Waals surface area contributed by atoms with Crippen LogP contribution < -0.4 is 5.73 Å². The summed E-state index contributed by atoms with van der Waals surface area (Å²) in [7, 11) is 1.66. The predicted octanol–water partition coefficient (Wildman–Crippen LogP) is 1.75. The quantitative estimate of drug-likeness (QED) is 0.828. The van der Waals surface area contributed by atoms with Crippen LogP contribution in [0.25, 0.3) is 0 Å². The molecular weight excluding hydrogens is 251 g/mol. The highest BCUT2D eigenvalue weighted by Crippen LogP contribution is 2.09. The highest BCUT2D eigenvalue weighted by Gasteiger charge is 2.15. The summed E-state index contributed by atoms with van der Waals surface area (Å²) in [4.78, 5) is 13.8. The molecule has 0 fully saturated rings. The Bertz CT molecular complexity index is 450. The minimum Gasteiger partial charge on any atom is -0.393 e.